The summed E-state index contributed by atoms with van der Waals surface area (Å²) in [6.07, 6.45) is 1.78. The maximum Gasteiger partial charge on any atom is 0.152 e. The molecule has 94 valence electrons. The van der Waals surface area contributed by atoms with Crippen LogP contribution in [0.25, 0.3) is 0 Å². The lowest BCUT2D eigenvalue weighted by Gasteiger charge is -2.29. The van der Waals surface area contributed by atoms with Gasteiger partial charge in [-0.25, -0.2) is 0 Å². The minimum Gasteiger partial charge on any atom is -0.392 e. The van der Waals surface area contributed by atoms with Crippen molar-refractivity contribution in [2.24, 2.45) is 0 Å². The Morgan fingerprint density at radius 2 is 2.22 bits per heavy atom. The van der Waals surface area contributed by atoms with Crippen LogP contribution in [0.2, 0.25) is 0 Å². The van der Waals surface area contributed by atoms with Crippen LogP contribution in [0.3, 0.4) is 0 Å². The number of anilines is 1. The van der Waals surface area contributed by atoms with Crippen molar-refractivity contribution >= 4 is 5.69 Å². The van der Waals surface area contributed by atoms with Gasteiger partial charge in [-0.3, -0.25) is 0 Å². The number of hydrogen-bond donors (Lipinski definition) is 1. The van der Waals surface area contributed by atoms with Crippen LogP contribution in [0.15, 0.2) is 24.5 Å². The lowest BCUT2D eigenvalue weighted by atomic mass is 10.1. The lowest BCUT2D eigenvalue weighted by molar-refractivity contribution is 0.281. The fourth-order valence-corrected chi connectivity index (χ4v) is 2.34. The summed E-state index contributed by atoms with van der Waals surface area (Å²) in [7, 11) is 0. The maximum atomic E-state index is 9.19. The molecule has 2 heterocycles. The summed E-state index contributed by atoms with van der Waals surface area (Å²) < 4.78 is 2.09. The Morgan fingerprint density at radius 1 is 1.33 bits per heavy atom. The first-order chi connectivity index (χ1) is 8.78. The number of hydrogen-bond acceptors (Lipinski definition) is 4. The summed E-state index contributed by atoms with van der Waals surface area (Å²) >= 11 is 0. The second-order valence-electron chi connectivity index (χ2n) is 4.63. The van der Waals surface area contributed by atoms with Crippen molar-refractivity contribution in [1.82, 2.24) is 14.8 Å². The van der Waals surface area contributed by atoms with E-state index in [4.69, 9.17) is 0 Å². The Morgan fingerprint density at radius 3 is 3.00 bits per heavy atom. The highest BCUT2D eigenvalue weighted by molar-refractivity contribution is 5.51. The van der Waals surface area contributed by atoms with E-state index in [0.717, 1.165) is 36.6 Å². The molecule has 0 saturated carbocycles. The molecule has 1 aliphatic rings. The van der Waals surface area contributed by atoms with Crippen LogP contribution >= 0.6 is 0 Å². The fraction of sp³-hybridized carbons (Fsp3) is 0.385. The van der Waals surface area contributed by atoms with Gasteiger partial charge in [0, 0.05) is 18.8 Å². The van der Waals surface area contributed by atoms with Crippen LogP contribution in [-0.2, 0) is 19.7 Å². The summed E-state index contributed by atoms with van der Waals surface area (Å²) in [5.74, 6) is 1.00. The van der Waals surface area contributed by atoms with Crippen molar-refractivity contribution in [3.05, 3.63) is 41.5 Å². The van der Waals surface area contributed by atoms with Crippen molar-refractivity contribution in [3.8, 4) is 0 Å². The molecule has 0 saturated heterocycles. The standard InChI is InChI=1S/C13H16N4O/c1-10-6-12(3-2-11(10)8-18)16-4-5-17-9-14-15-13(17)7-16/h2-3,6,9,18H,4-5,7-8H2,1H3. The predicted octanol–water partition coefficient (Wildman–Crippen LogP) is 1.10. The van der Waals surface area contributed by atoms with E-state index in [1.54, 1.807) is 6.33 Å². The number of fused-ring (bicyclic) bond motifs is 1. The molecule has 18 heavy (non-hydrogen) atoms. The van der Waals surface area contributed by atoms with Crippen LogP contribution in [0.5, 0.6) is 0 Å². The summed E-state index contributed by atoms with van der Waals surface area (Å²) in [5.41, 5.74) is 3.29. The first-order valence-corrected chi connectivity index (χ1v) is 6.10. The minimum absolute atomic E-state index is 0.0977. The van der Waals surface area contributed by atoms with Gasteiger partial charge in [0.1, 0.15) is 6.33 Å². The third-order valence-corrected chi connectivity index (χ3v) is 3.50. The Balaban J connectivity index is 1.86. The molecule has 0 unspecified atom stereocenters. The van der Waals surface area contributed by atoms with E-state index < -0.39 is 0 Å². The molecule has 3 rings (SSSR count). The van der Waals surface area contributed by atoms with Crippen molar-refractivity contribution in [3.63, 3.8) is 0 Å². The molecule has 0 fully saturated rings. The number of aliphatic hydroxyl groups excluding tert-OH is 1. The van der Waals surface area contributed by atoms with Gasteiger partial charge >= 0.3 is 0 Å². The molecule has 1 aliphatic heterocycles. The Hall–Kier alpha value is -1.88. The molecule has 0 aliphatic carbocycles. The Bertz CT molecular complexity index is 564. The third-order valence-electron chi connectivity index (χ3n) is 3.50. The number of aryl methyl sites for hydroxylation is 1. The summed E-state index contributed by atoms with van der Waals surface area (Å²) in [6.45, 7) is 4.80. The Kier molecular flexibility index (Phi) is 2.76. The van der Waals surface area contributed by atoms with Crippen LogP contribution in [0.1, 0.15) is 17.0 Å². The molecule has 1 aromatic heterocycles. The molecule has 0 amide bonds. The molecule has 5 nitrogen and oxygen atoms in total. The zero-order chi connectivity index (χ0) is 12.5. The molecule has 0 radical (unpaired) electrons. The number of nitrogens with zero attached hydrogens (tertiary/aromatic N) is 4. The van der Waals surface area contributed by atoms with E-state index >= 15 is 0 Å². The van der Waals surface area contributed by atoms with Crippen LogP contribution in [0, 0.1) is 6.92 Å². The SMILES string of the molecule is Cc1cc(N2CCn3cnnc3C2)ccc1CO. The van der Waals surface area contributed by atoms with Crippen molar-refractivity contribution in [2.75, 3.05) is 11.4 Å². The van der Waals surface area contributed by atoms with Gasteiger partial charge in [-0.05, 0) is 30.2 Å². The van der Waals surface area contributed by atoms with Gasteiger partial charge in [0.25, 0.3) is 0 Å². The first kappa shape index (κ1) is 11.2. The van der Waals surface area contributed by atoms with Gasteiger partial charge in [-0.2, -0.15) is 0 Å². The van der Waals surface area contributed by atoms with Gasteiger partial charge in [-0.1, -0.05) is 6.07 Å². The van der Waals surface area contributed by atoms with Gasteiger partial charge in [0.05, 0.1) is 13.2 Å². The normalized spacial score (nSPS) is 14.7. The molecule has 0 atom stereocenters. The highest BCUT2D eigenvalue weighted by atomic mass is 16.3. The van der Waals surface area contributed by atoms with Gasteiger partial charge < -0.3 is 14.6 Å². The summed E-state index contributed by atoms with van der Waals surface area (Å²) in [5, 5.41) is 17.2. The van der Waals surface area contributed by atoms with Gasteiger partial charge in [-0.15, -0.1) is 10.2 Å². The molecule has 1 aromatic carbocycles. The largest absolute Gasteiger partial charge is 0.392 e. The Labute approximate surface area is 106 Å². The third kappa shape index (κ3) is 1.86. The molecule has 0 spiro atoms. The average molecular weight is 244 g/mol. The second kappa shape index (κ2) is 4.42. The van der Waals surface area contributed by atoms with E-state index in [1.165, 1.54) is 5.69 Å². The van der Waals surface area contributed by atoms with Crippen LogP contribution in [-0.4, -0.2) is 26.4 Å². The number of aromatic nitrogens is 3. The fourth-order valence-electron chi connectivity index (χ4n) is 2.34. The smallest absolute Gasteiger partial charge is 0.152 e. The van der Waals surface area contributed by atoms with Crippen LogP contribution < -0.4 is 4.90 Å². The number of benzene rings is 1. The highest BCUT2D eigenvalue weighted by Crippen LogP contribution is 2.22. The molecule has 2 aromatic rings. The molecular formula is C13H16N4O. The molecule has 1 N–H and O–H groups in total. The monoisotopic (exact) mass is 244 g/mol. The van der Waals surface area contributed by atoms with Crippen LogP contribution in [0.4, 0.5) is 5.69 Å². The molecule has 0 bridgehead atoms. The van der Waals surface area contributed by atoms with E-state index in [9.17, 15) is 5.11 Å². The predicted molar refractivity (Wildman–Crippen MR) is 68.2 cm³/mol. The molecule has 5 heteroatoms. The number of aliphatic hydroxyl groups is 1. The molecular weight excluding hydrogens is 228 g/mol. The van der Waals surface area contributed by atoms with Crippen molar-refractivity contribution in [1.29, 1.82) is 0 Å². The van der Waals surface area contributed by atoms with E-state index in [2.05, 4.69) is 31.8 Å². The summed E-state index contributed by atoms with van der Waals surface area (Å²) in [4.78, 5) is 2.29. The number of rotatable bonds is 2. The average Bonchev–Trinajstić information content (AvgIpc) is 2.85. The van der Waals surface area contributed by atoms with Gasteiger partial charge in [0.2, 0.25) is 0 Å². The lowest BCUT2D eigenvalue weighted by Crippen LogP contribution is -2.33. The first-order valence-electron chi connectivity index (χ1n) is 6.10. The highest BCUT2D eigenvalue weighted by Gasteiger charge is 2.17. The second-order valence-corrected chi connectivity index (χ2v) is 4.63. The van der Waals surface area contributed by atoms with Crippen molar-refractivity contribution in [2.45, 2.75) is 26.6 Å². The van der Waals surface area contributed by atoms with E-state index in [0.29, 0.717) is 0 Å². The zero-order valence-corrected chi connectivity index (χ0v) is 10.4. The zero-order valence-electron chi connectivity index (χ0n) is 10.4. The minimum atomic E-state index is 0.0977. The van der Waals surface area contributed by atoms with E-state index in [1.807, 2.05) is 13.0 Å². The maximum absolute atomic E-state index is 9.19. The quantitative estimate of drug-likeness (QED) is 0.859. The van der Waals surface area contributed by atoms with Crippen molar-refractivity contribution < 1.29 is 5.11 Å². The topological polar surface area (TPSA) is 54.2 Å². The summed E-state index contributed by atoms with van der Waals surface area (Å²) in [6, 6.07) is 6.17. The van der Waals surface area contributed by atoms with E-state index in [-0.39, 0.29) is 6.61 Å². The van der Waals surface area contributed by atoms with Gasteiger partial charge in [0.15, 0.2) is 5.82 Å².